The van der Waals surface area contributed by atoms with E-state index in [0.29, 0.717) is 26.2 Å². The maximum absolute atomic E-state index is 12.1. The quantitative estimate of drug-likeness (QED) is 0.260. The van der Waals surface area contributed by atoms with Gasteiger partial charge in [0, 0.05) is 59.3 Å². The molecule has 2 amide bonds. The summed E-state index contributed by atoms with van der Waals surface area (Å²) in [6.45, 7) is 12.9. The number of amides is 2. The molecule has 4 N–H and O–H groups in total. The third kappa shape index (κ3) is 6.44. The molecule has 3 aromatic rings. The van der Waals surface area contributed by atoms with Crippen LogP contribution in [0.1, 0.15) is 41.5 Å². The van der Waals surface area contributed by atoms with Gasteiger partial charge in [0.1, 0.15) is 11.2 Å². The summed E-state index contributed by atoms with van der Waals surface area (Å²) in [5, 5.41) is 15.3. The molecule has 0 spiro atoms. The van der Waals surface area contributed by atoms with Crippen LogP contribution in [-0.4, -0.2) is 54.6 Å². The summed E-state index contributed by atoms with van der Waals surface area (Å²) in [5.41, 5.74) is 5.40. The molecule has 1 aromatic heterocycles. The van der Waals surface area contributed by atoms with Gasteiger partial charge in [-0.15, -0.1) is 0 Å². The molecule has 0 bridgehead atoms. The molecule has 0 aliphatic carbocycles. The second kappa shape index (κ2) is 10.2. The lowest BCUT2D eigenvalue weighted by Gasteiger charge is -2.23. The fourth-order valence-corrected chi connectivity index (χ4v) is 4.19. The van der Waals surface area contributed by atoms with E-state index in [0.717, 1.165) is 38.6 Å². The van der Waals surface area contributed by atoms with Crippen LogP contribution in [0.2, 0.25) is 0 Å². The molecule has 10 nitrogen and oxygen atoms in total. The van der Waals surface area contributed by atoms with Gasteiger partial charge in [0.15, 0.2) is 0 Å². The first-order chi connectivity index (χ1) is 17.4. The Kier molecular flexibility index (Phi) is 7.20. The molecule has 37 heavy (non-hydrogen) atoms. The van der Waals surface area contributed by atoms with Crippen LogP contribution in [0.4, 0.5) is 26.7 Å². The van der Waals surface area contributed by atoms with Gasteiger partial charge in [0.25, 0.3) is 0 Å². The number of carbonyl (C=O) groups excluding carboxylic acids is 2. The molecule has 4 rings (SSSR count). The highest BCUT2D eigenvalue weighted by atomic mass is 16.6. The van der Waals surface area contributed by atoms with E-state index in [2.05, 4.69) is 38.5 Å². The van der Waals surface area contributed by atoms with Gasteiger partial charge in [0.05, 0.1) is 17.9 Å². The van der Waals surface area contributed by atoms with Crippen molar-refractivity contribution in [2.45, 2.75) is 52.7 Å². The van der Waals surface area contributed by atoms with Crippen molar-refractivity contribution in [2.24, 2.45) is 0 Å². The van der Waals surface area contributed by atoms with Crippen LogP contribution in [-0.2, 0) is 9.47 Å². The Morgan fingerprint density at radius 2 is 1.59 bits per heavy atom. The van der Waals surface area contributed by atoms with Crippen LogP contribution in [0.5, 0.6) is 0 Å². The Labute approximate surface area is 217 Å². The van der Waals surface area contributed by atoms with Crippen molar-refractivity contribution in [3.05, 3.63) is 36.7 Å². The highest BCUT2D eigenvalue weighted by Gasteiger charge is 2.25. The lowest BCUT2D eigenvalue weighted by atomic mass is 10.0. The number of alkyl carbamates (subject to hydrolysis) is 2. The molecular formula is C27H36N6O4. The standard InChI is InChI=1S/C27H36N6O4/c1-26(2,3)36-24(34)30-12-11-29-20-7-8-21-22-19(20)15-17-16-28-10-9-18(17)23(22)32-33(21)14-13-31-25(35)37-27(4,5)6/h7-10,15-16,29,32H,11-14H2,1-6H3,(H,30,34)(H,31,35). The van der Waals surface area contributed by atoms with E-state index < -0.39 is 23.4 Å². The fourth-order valence-electron chi connectivity index (χ4n) is 4.19. The SMILES string of the molecule is CC(C)(C)OC(=O)NCCNc1ccc2c3c(c4ccncc4cc13)NN2CCNC(=O)OC(C)(C)C. The first-order valence-corrected chi connectivity index (χ1v) is 12.5. The first-order valence-electron chi connectivity index (χ1n) is 12.5. The second-order valence-electron chi connectivity index (χ2n) is 11.0. The van der Waals surface area contributed by atoms with Crippen LogP contribution in [0, 0.1) is 0 Å². The minimum atomic E-state index is -0.545. The van der Waals surface area contributed by atoms with Gasteiger partial charge in [-0.3, -0.25) is 15.4 Å². The van der Waals surface area contributed by atoms with E-state index in [-0.39, 0.29) is 0 Å². The second-order valence-corrected chi connectivity index (χ2v) is 11.0. The Hall–Kier alpha value is -3.95. The third-order valence-corrected chi connectivity index (χ3v) is 5.54. The van der Waals surface area contributed by atoms with Gasteiger partial charge < -0.3 is 25.4 Å². The maximum Gasteiger partial charge on any atom is 0.407 e. The highest BCUT2D eigenvalue weighted by Crippen LogP contribution is 2.45. The number of anilines is 3. The van der Waals surface area contributed by atoms with Gasteiger partial charge in [0.2, 0.25) is 0 Å². The molecule has 1 aliphatic rings. The van der Waals surface area contributed by atoms with Gasteiger partial charge in [-0.05, 0) is 65.8 Å². The Bertz CT molecular complexity index is 1310. The lowest BCUT2D eigenvalue weighted by Crippen LogP contribution is -2.39. The number of nitrogens with one attached hydrogen (secondary N) is 4. The van der Waals surface area contributed by atoms with Crippen LogP contribution < -0.4 is 26.4 Å². The van der Waals surface area contributed by atoms with Crippen LogP contribution in [0.3, 0.4) is 0 Å². The van der Waals surface area contributed by atoms with E-state index in [1.807, 2.05) is 64.9 Å². The minimum Gasteiger partial charge on any atom is -0.444 e. The highest BCUT2D eigenvalue weighted by molar-refractivity contribution is 6.21. The van der Waals surface area contributed by atoms with Crippen molar-refractivity contribution in [3.8, 4) is 0 Å². The van der Waals surface area contributed by atoms with E-state index in [4.69, 9.17) is 9.47 Å². The van der Waals surface area contributed by atoms with Crippen molar-refractivity contribution < 1.29 is 19.1 Å². The molecule has 2 aromatic carbocycles. The number of ether oxygens (including phenoxy) is 2. The molecule has 0 unspecified atom stereocenters. The predicted molar refractivity (Wildman–Crippen MR) is 147 cm³/mol. The first kappa shape index (κ1) is 26.1. The zero-order valence-corrected chi connectivity index (χ0v) is 22.3. The van der Waals surface area contributed by atoms with E-state index in [1.165, 1.54) is 0 Å². The van der Waals surface area contributed by atoms with Gasteiger partial charge >= 0.3 is 12.2 Å². The summed E-state index contributed by atoms with van der Waals surface area (Å²) < 4.78 is 10.6. The molecule has 0 saturated heterocycles. The number of nitrogens with zero attached hydrogens (tertiary/aromatic N) is 2. The molecule has 1 aliphatic heterocycles. The fraction of sp³-hybridized carbons (Fsp3) is 0.444. The summed E-state index contributed by atoms with van der Waals surface area (Å²) in [6, 6.07) is 8.20. The van der Waals surface area contributed by atoms with E-state index in [1.54, 1.807) is 6.20 Å². The molecule has 0 atom stereocenters. The number of fused-ring (bicyclic) bond motifs is 2. The Balaban J connectivity index is 1.50. The average molecular weight is 509 g/mol. The molecule has 0 radical (unpaired) electrons. The topological polar surface area (TPSA) is 117 Å². The van der Waals surface area contributed by atoms with Crippen molar-refractivity contribution in [3.63, 3.8) is 0 Å². The Morgan fingerprint density at radius 3 is 2.27 bits per heavy atom. The molecular weight excluding hydrogens is 472 g/mol. The predicted octanol–water partition coefficient (Wildman–Crippen LogP) is 5.00. The Morgan fingerprint density at radius 1 is 0.919 bits per heavy atom. The number of hydrazine groups is 1. The van der Waals surface area contributed by atoms with E-state index >= 15 is 0 Å². The molecule has 198 valence electrons. The number of carbonyl (C=O) groups is 2. The van der Waals surface area contributed by atoms with Crippen LogP contribution >= 0.6 is 0 Å². The van der Waals surface area contributed by atoms with Crippen molar-refractivity contribution in [2.75, 3.05) is 41.9 Å². The smallest absolute Gasteiger partial charge is 0.407 e. The minimum absolute atomic E-state index is 0.410. The average Bonchev–Trinajstić information content (AvgIpc) is 3.15. The zero-order chi connectivity index (χ0) is 26.8. The van der Waals surface area contributed by atoms with Gasteiger partial charge in [-0.1, -0.05) is 0 Å². The van der Waals surface area contributed by atoms with Gasteiger partial charge in [-0.2, -0.15) is 0 Å². The van der Waals surface area contributed by atoms with Crippen LogP contribution in [0.15, 0.2) is 36.7 Å². The zero-order valence-electron chi connectivity index (χ0n) is 22.3. The largest absolute Gasteiger partial charge is 0.444 e. The van der Waals surface area contributed by atoms with Gasteiger partial charge in [-0.25, -0.2) is 9.59 Å². The van der Waals surface area contributed by atoms with Crippen molar-refractivity contribution in [1.82, 2.24) is 15.6 Å². The number of benzene rings is 2. The van der Waals surface area contributed by atoms with E-state index in [9.17, 15) is 9.59 Å². The number of hydrogen-bond donors (Lipinski definition) is 4. The monoisotopic (exact) mass is 508 g/mol. The maximum atomic E-state index is 12.1. The van der Waals surface area contributed by atoms with Crippen molar-refractivity contribution >= 4 is 50.8 Å². The van der Waals surface area contributed by atoms with Crippen LogP contribution in [0.25, 0.3) is 21.5 Å². The number of pyridine rings is 1. The summed E-state index contributed by atoms with van der Waals surface area (Å²) in [4.78, 5) is 28.3. The molecule has 0 saturated carbocycles. The number of hydrogen-bond acceptors (Lipinski definition) is 8. The van der Waals surface area contributed by atoms with Crippen molar-refractivity contribution in [1.29, 1.82) is 0 Å². The number of rotatable bonds is 7. The summed E-state index contributed by atoms with van der Waals surface area (Å²) in [5.74, 6) is 0. The summed E-state index contributed by atoms with van der Waals surface area (Å²) in [7, 11) is 0. The summed E-state index contributed by atoms with van der Waals surface area (Å²) in [6.07, 6.45) is 2.75. The summed E-state index contributed by atoms with van der Waals surface area (Å²) >= 11 is 0. The normalized spacial score (nSPS) is 12.9. The molecule has 2 heterocycles. The molecule has 0 fully saturated rings. The third-order valence-electron chi connectivity index (χ3n) is 5.54. The number of aromatic nitrogens is 1. The molecule has 10 heteroatoms. The lowest BCUT2D eigenvalue weighted by molar-refractivity contribution is 0.0518.